The molecule has 0 aliphatic heterocycles. The summed E-state index contributed by atoms with van der Waals surface area (Å²) in [5.74, 6) is 0. The standard InChI is InChI=1S/C13H17BrN4O2S/c1-10-7-11(3-4-13(10)14)17-21(19,20)12-8-16-18(9-12)6-2-5-15/h3-4,7-9,17H,2,5-6,15H2,1H3. The van der Waals surface area contributed by atoms with Crippen LogP contribution in [0.25, 0.3) is 0 Å². The molecule has 114 valence electrons. The Hall–Kier alpha value is -1.38. The third-order valence-electron chi connectivity index (χ3n) is 2.92. The quantitative estimate of drug-likeness (QED) is 0.812. The smallest absolute Gasteiger partial charge is 0.265 e. The molecule has 0 saturated carbocycles. The molecule has 6 nitrogen and oxygen atoms in total. The first kappa shape index (κ1) is 16.0. The van der Waals surface area contributed by atoms with E-state index in [0.717, 1.165) is 16.5 Å². The van der Waals surface area contributed by atoms with Gasteiger partial charge in [0.15, 0.2) is 0 Å². The zero-order chi connectivity index (χ0) is 15.5. The van der Waals surface area contributed by atoms with Gasteiger partial charge in [-0.1, -0.05) is 15.9 Å². The van der Waals surface area contributed by atoms with Crippen LogP contribution in [0, 0.1) is 6.92 Å². The number of nitrogens with two attached hydrogens (primary N) is 1. The van der Waals surface area contributed by atoms with Crippen LogP contribution in [0.15, 0.2) is 40.0 Å². The molecule has 0 aliphatic carbocycles. The van der Waals surface area contributed by atoms with Crippen molar-refractivity contribution in [2.24, 2.45) is 5.73 Å². The van der Waals surface area contributed by atoms with Gasteiger partial charge in [0.2, 0.25) is 0 Å². The average Bonchev–Trinajstić information content (AvgIpc) is 2.90. The Bertz CT molecular complexity index is 728. The van der Waals surface area contributed by atoms with Crippen molar-refractivity contribution < 1.29 is 8.42 Å². The fraction of sp³-hybridized carbons (Fsp3) is 0.308. The summed E-state index contributed by atoms with van der Waals surface area (Å²) >= 11 is 3.38. The number of hydrogen-bond acceptors (Lipinski definition) is 4. The van der Waals surface area contributed by atoms with Crippen LogP contribution in [0.2, 0.25) is 0 Å². The van der Waals surface area contributed by atoms with E-state index in [1.54, 1.807) is 22.9 Å². The number of aromatic nitrogens is 2. The molecule has 8 heteroatoms. The fourth-order valence-electron chi connectivity index (χ4n) is 1.78. The van der Waals surface area contributed by atoms with Gasteiger partial charge in [-0.25, -0.2) is 8.42 Å². The number of halogens is 1. The predicted octanol–water partition coefficient (Wildman–Crippen LogP) is 2.10. The molecule has 0 fully saturated rings. The number of rotatable bonds is 6. The molecule has 2 rings (SSSR count). The summed E-state index contributed by atoms with van der Waals surface area (Å²) in [4.78, 5) is 0.139. The van der Waals surface area contributed by atoms with E-state index in [9.17, 15) is 8.42 Å². The summed E-state index contributed by atoms with van der Waals surface area (Å²) in [5, 5.41) is 4.03. The molecule has 0 aliphatic rings. The lowest BCUT2D eigenvalue weighted by molar-refractivity contribution is 0.582. The molecule has 0 bridgehead atoms. The van der Waals surface area contributed by atoms with Crippen molar-refractivity contribution in [3.05, 3.63) is 40.6 Å². The summed E-state index contributed by atoms with van der Waals surface area (Å²) in [6.45, 7) is 3.04. The molecule has 1 aromatic carbocycles. The van der Waals surface area contributed by atoms with Crippen molar-refractivity contribution in [2.45, 2.75) is 24.8 Å². The number of anilines is 1. The highest BCUT2D eigenvalue weighted by Crippen LogP contribution is 2.22. The van der Waals surface area contributed by atoms with Gasteiger partial charge in [-0.3, -0.25) is 9.40 Å². The van der Waals surface area contributed by atoms with Crippen LogP contribution in [0.3, 0.4) is 0 Å². The molecule has 0 spiro atoms. The lowest BCUT2D eigenvalue weighted by atomic mass is 10.2. The van der Waals surface area contributed by atoms with Crippen LogP contribution in [-0.4, -0.2) is 24.7 Å². The average molecular weight is 373 g/mol. The van der Waals surface area contributed by atoms with Gasteiger partial charge < -0.3 is 5.73 Å². The Labute approximate surface area is 132 Å². The first-order valence-electron chi connectivity index (χ1n) is 6.44. The van der Waals surface area contributed by atoms with Crippen molar-refractivity contribution in [1.29, 1.82) is 0 Å². The highest BCUT2D eigenvalue weighted by Gasteiger charge is 2.16. The molecule has 21 heavy (non-hydrogen) atoms. The third kappa shape index (κ3) is 4.05. The number of benzene rings is 1. The van der Waals surface area contributed by atoms with E-state index in [4.69, 9.17) is 5.73 Å². The second kappa shape index (κ2) is 6.59. The number of sulfonamides is 1. The molecule has 1 aromatic heterocycles. The van der Waals surface area contributed by atoms with E-state index in [1.807, 2.05) is 6.92 Å². The first-order valence-corrected chi connectivity index (χ1v) is 8.71. The molecule has 0 radical (unpaired) electrons. The molecule has 2 aromatic rings. The van der Waals surface area contributed by atoms with Crippen LogP contribution in [0.5, 0.6) is 0 Å². The minimum absolute atomic E-state index is 0.139. The molecule has 1 heterocycles. The van der Waals surface area contributed by atoms with Gasteiger partial charge in [-0.15, -0.1) is 0 Å². The Morgan fingerprint density at radius 2 is 2.19 bits per heavy atom. The van der Waals surface area contributed by atoms with Crippen LogP contribution in [0.4, 0.5) is 5.69 Å². The normalized spacial score (nSPS) is 11.6. The Kier molecular flexibility index (Phi) is 5.02. The zero-order valence-electron chi connectivity index (χ0n) is 11.6. The number of nitrogens with one attached hydrogen (secondary N) is 1. The lowest BCUT2D eigenvalue weighted by Crippen LogP contribution is -2.12. The maximum absolute atomic E-state index is 12.3. The fourth-order valence-corrected chi connectivity index (χ4v) is 3.03. The number of hydrogen-bond donors (Lipinski definition) is 2. The van der Waals surface area contributed by atoms with E-state index in [2.05, 4.69) is 25.8 Å². The van der Waals surface area contributed by atoms with E-state index in [-0.39, 0.29) is 4.90 Å². The molecule has 0 unspecified atom stereocenters. The molecule has 0 saturated heterocycles. The Morgan fingerprint density at radius 1 is 1.43 bits per heavy atom. The molecule has 0 amide bonds. The molecule has 3 N–H and O–H groups in total. The zero-order valence-corrected chi connectivity index (χ0v) is 14.0. The van der Waals surface area contributed by atoms with Crippen molar-refractivity contribution in [3.8, 4) is 0 Å². The number of aryl methyl sites for hydroxylation is 2. The van der Waals surface area contributed by atoms with Crippen LogP contribution >= 0.6 is 15.9 Å². The minimum Gasteiger partial charge on any atom is -0.330 e. The van der Waals surface area contributed by atoms with Crippen molar-refractivity contribution in [2.75, 3.05) is 11.3 Å². The number of nitrogens with zero attached hydrogens (tertiary/aromatic N) is 2. The van der Waals surface area contributed by atoms with E-state index in [0.29, 0.717) is 18.8 Å². The minimum atomic E-state index is -3.63. The predicted molar refractivity (Wildman–Crippen MR) is 85.6 cm³/mol. The SMILES string of the molecule is Cc1cc(NS(=O)(=O)c2cnn(CCCN)c2)ccc1Br. The maximum atomic E-state index is 12.3. The lowest BCUT2D eigenvalue weighted by Gasteiger charge is -2.07. The van der Waals surface area contributed by atoms with E-state index in [1.165, 1.54) is 12.4 Å². The Balaban J connectivity index is 2.17. The summed E-state index contributed by atoms with van der Waals surface area (Å²) in [6.07, 6.45) is 3.59. The van der Waals surface area contributed by atoms with Gasteiger partial charge in [0.05, 0.1) is 6.20 Å². The van der Waals surface area contributed by atoms with Gasteiger partial charge in [0.1, 0.15) is 4.90 Å². The highest BCUT2D eigenvalue weighted by atomic mass is 79.9. The Morgan fingerprint density at radius 3 is 2.86 bits per heavy atom. The third-order valence-corrected chi connectivity index (χ3v) is 5.15. The highest BCUT2D eigenvalue weighted by molar-refractivity contribution is 9.10. The van der Waals surface area contributed by atoms with Gasteiger partial charge >= 0.3 is 0 Å². The summed E-state index contributed by atoms with van der Waals surface area (Å²) in [7, 11) is -3.63. The monoisotopic (exact) mass is 372 g/mol. The largest absolute Gasteiger partial charge is 0.330 e. The second-order valence-electron chi connectivity index (χ2n) is 4.65. The van der Waals surface area contributed by atoms with Crippen molar-refractivity contribution >= 4 is 31.6 Å². The van der Waals surface area contributed by atoms with Gasteiger partial charge in [-0.2, -0.15) is 5.10 Å². The maximum Gasteiger partial charge on any atom is 0.265 e. The van der Waals surface area contributed by atoms with Crippen molar-refractivity contribution in [1.82, 2.24) is 9.78 Å². The van der Waals surface area contributed by atoms with Gasteiger partial charge in [-0.05, 0) is 43.7 Å². The second-order valence-corrected chi connectivity index (χ2v) is 7.19. The topological polar surface area (TPSA) is 90.0 Å². The van der Waals surface area contributed by atoms with Crippen molar-refractivity contribution in [3.63, 3.8) is 0 Å². The van der Waals surface area contributed by atoms with Crippen LogP contribution in [-0.2, 0) is 16.6 Å². The summed E-state index contributed by atoms with van der Waals surface area (Å²) < 4.78 is 29.6. The van der Waals surface area contributed by atoms with Gasteiger partial charge in [0.25, 0.3) is 10.0 Å². The van der Waals surface area contributed by atoms with E-state index >= 15 is 0 Å². The van der Waals surface area contributed by atoms with E-state index < -0.39 is 10.0 Å². The summed E-state index contributed by atoms with van der Waals surface area (Å²) in [5.41, 5.74) is 6.89. The summed E-state index contributed by atoms with van der Waals surface area (Å²) in [6, 6.07) is 5.27. The molecular weight excluding hydrogens is 356 g/mol. The molecular formula is C13H17BrN4O2S. The molecule has 0 atom stereocenters. The van der Waals surface area contributed by atoms with Crippen LogP contribution in [0.1, 0.15) is 12.0 Å². The van der Waals surface area contributed by atoms with Gasteiger partial charge in [0, 0.05) is 22.9 Å². The van der Waals surface area contributed by atoms with Crippen LogP contribution < -0.4 is 10.5 Å². The first-order chi connectivity index (χ1) is 9.92.